The van der Waals surface area contributed by atoms with Gasteiger partial charge in [0.05, 0.1) is 6.07 Å². The number of hydrogen-bond donors (Lipinski definition) is 1. The van der Waals surface area contributed by atoms with Gasteiger partial charge in [-0.3, -0.25) is 5.32 Å². The fourth-order valence-electron chi connectivity index (χ4n) is 3.51. The Morgan fingerprint density at radius 1 is 1.18 bits per heavy atom. The van der Waals surface area contributed by atoms with Crippen LogP contribution in [0.5, 0.6) is 0 Å². The highest BCUT2D eigenvalue weighted by Crippen LogP contribution is 2.31. The van der Waals surface area contributed by atoms with E-state index >= 15 is 0 Å². The molecular formula is C20H22N2. The molecule has 1 unspecified atom stereocenters. The zero-order chi connectivity index (χ0) is 15.6. The van der Waals surface area contributed by atoms with Crippen LogP contribution in [0.15, 0.2) is 42.5 Å². The Bertz CT molecular complexity index is 712. The third-order valence-corrected chi connectivity index (χ3v) is 4.69. The minimum Gasteiger partial charge on any atom is -0.295 e. The molecule has 0 saturated heterocycles. The first-order valence-electron chi connectivity index (χ1n) is 7.91. The molecular weight excluding hydrogens is 268 g/mol. The standard InChI is InChI=1S/C20H22N2/c1-15-10-16(2)19-8-9-20(14-21,12-18(19)11-15)22-13-17-6-4-3-5-7-17/h3-7,10-11,22H,8-9,12-13H2,1-2H3. The molecule has 1 aliphatic carbocycles. The van der Waals surface area contributed by atoms with E-state index in [4.69, 9.17) is 0 Å². The van der Waals surface area contributed by atoms with Crippen molar-refractivity contribution >= 4 is 0 Å². The summed E-state index contributed by atoms with van der Waals surface area (Å²) < 4.78 is 0. The van der Waals surface area contributed by atoms with E-state index in [-0.39, 0.29) is 0 Å². The van der Waals surface area contributed by atoms with Gasteiger partial charge in [-0.2, -0.15) is 5.26 Å². The molecule has 112 valence electrons. The van der Waals surface area contributed by atoms with Gasteiger partial charge < -0.3 is 0 Å². The Morgan fingerprint density at radius 3 is 2.68 bits per heavy atom. The van der Waals surface area contributed by atoms with Gasteiger partial charge in [-0.05, 0) is 48.9 Å². The van der Waals surface area contributed by atoms with E-state index in [1.165, 1.54) is 27.8 Å². The lowest BCUT2D eigenvalue weighted by molar-refractivity contribution is 0.363. The molecule has 3 rings (SSSR count). The maximum atomic E-state index is 9.77. The van der Waals surface area contributed by atoms with Crippen LogP contribution in [0.2, 0.25) is 0 Å². The number of nitriles is 1. The lowest BCUT2D eigenvalue weighted by atomic mass is 9.77. The van der Waals surface area contributed by atoms with Crippen molar-refractivity contribution in [1.29, 1.82) is 5.26 Å². The molecule has 0 saturated carbocycles. The number of nitrogens with zero attached hydrogens (tertiary/aromatic N) is 1. The summed E-state index contributed by atoms with van der Waals surface area (Å²) in [7, 11) is 0. The van der Waals surface area contributed by atoms with Crippen LogP contribution in [0.4, 0.5) is 0 Å². The second-order valence-electron chi connectivity index (χ2n) is 6.43. The first-order chi connectivity index (χ1) is 10.6. The van der Waals surface area contributed by atoms with Crippen molar-refractivity contribution in [2.45, 2.75) is 45.2 Å². The van der Waals surface area contributed by atoms with E-state index in [1.807, 2.05) is 18.2 Å². The highest BCUT2D eigenvalue weighted by molar-refractivity contribution is 5.43. The molecule has 0 heterocycles. The summed E-state index contributed by atoms with van der Waals surface area (Å²) in [5.74, 6) is 0. The topological polar surface area (TPSA) is 35.8 Å². The Hall–Kier alpha value is -2.11. The maximum Gasteiger partial charge on any atom is 0.111 e. The Balaban J connectivity index is 1.82. The van der Waals surface area contributed by atoms with Crippen molar-refractivity contribution in [2.24, 2.45) is 0 Å². The normalized spacial score (nSPS) is 20.2. The predicted molar refractivity (Wildman–Crippen MR) is 89.6 cm³/mol. The summed E-state index contributed by atoms with van der Waals surface area (Å²) in [4.78, 5) is 0. The molecule has 0 bridgehead atoms. The van der Waals surface area contributed by atoms with Gasteiger partial charge in [0.15, 0.2) is 0 Å². The second-order valence-corrected chi connectivity index (χ2v) is 6.43. The van der Waals surface area contributed by atoms with Crippen LogP contribution in [0.3, 0.4) is 0 Å². The van der Waals surface area contributed by atoms with E-state index in [9.17, 15) is 5.26 Å². The van der Waals surface area contributed by atoms with E-state index in [2.05, 4.69) is 49.5 Å². The van der Waals surface area contributed by atoms with Crippen LogP contribution in [-0.4, -0.2) is 5.54 Å². The minimum absolute atomic E-state index is 0.441. The zero-order valence-electron chi connectivity index (χ0n) is 13.3. The molecule has 0 radical (unpaired) electrons. The molecule has 0 amide bonds. The minimum atomic E-state index is -0.441. The third kappa shape index (κ3) is 2.91. The van der Waals surface area contributed by atoms with E-state index in [0.717, 1.165) is 25.8 Å². The Kier molecular flexibility index (Phi) is 4.00. The number of nitrogens with one attached hydrogen (secondary N) is 1. The van der Waals surface area contributed by atoms with Crippen molar-refractivity contribution in [3.63, 3.8) is 0 Å². The van der Waals surface area contributed by atoms with Crippen LogP contribution in [0, 0.1) is 25.2 Å². The van der Waals surface area contributed by atoms with Crippen LogP contribution < -0.4 is 5.32 Å². The summed E-state index contributed by atoms with van der Waals surface area (Å²) in [6, 6.07) is 17.4. The van der Waals surface area contributed by atoms with Crippen molar-refractivity contribution in [3.8, 4) is 6.07 Å². The van der Waals surface area contributed by atoms with Crippen molar-refractivity contribution in [2.75, 3.05) is 0 Å². The first kappa shape index (κ1) is 14.8. The fourth-order valence-corrected chi connectivity index (χ4v) is 3.51. The smallest absolute Gasteiger partial charge is 0.111 e. The number of fused-ring (bicyclic) bond motifs is 1. The SMILES string of the molecule is Cc1cc(C)c2c(c1)CC(C#N)(NCc1ccccc1)CC2. The summed E-state index contributed by atoms with van der Waals surface area (Å²) in [6.45, 7) is 5.06. The molecule has 0 spiro atoms. The predicted octanol–water partition coefficient (Wildman–Crippen LogP) is 3.84. The van der Waals surface area contributed by atoms with E-state index in [1.54, 1.807) is 0 Å². The number of benzene rings is 2. The molecule has 22 heavy (non-hydrogen) atoms. The molecule has 2 heteroatoms. The van der Waals surface area contributed by atoms with Crippen LogP contribution in [0.25, 0.3) is 0 Å². The van der Waals surface area contributed by atoms with Crippen molar-refractivity contribution in [3.05, 3.63) is 70.3 Å². The van der Waals surface area contributed by atoms with Gasteiger partial charge in [0.25, 0.3) is 0 Å². The summed E-state index contributed by atoms with van der Waals surface area (Å²) >= 11 is 0. The average Bonchev–Trinajstić information content (AvgIpc) is 2.53. The zero-order valence-corrected chi connectivity index (χ0v) is 13.3. The molecule has 0 fully saturated rings. The average molecular weight is 290 g/mol. The van der Waals surface area contributed by atoms with Gasteiger partial charge in [0.2, 0.25) is 0 Å². The first-order valence-corrected chi connectivity index (χ1v) is 7.91. The highest BCUT2D eigenvalue weighted by Gasteiger charge is 2.34. The van der Waals surface area contributed by atoms with E-state index in [0.29, 0.717) is 0 Å². The number of aryl methyl sites for hydroxylation is 2. The van der Waals surface area contributed by atoms with Crippen molar-refractivity contribution < 1.29 is 0 Å². The largest absolute Gasteiger partial charge is 0.295 e. The van der Waals surface area contributed by atoms with E-state index < -0.39 is 5.54 Å². The third-order valence-electron chi connectivity index (χ3n) is 4.69. The lowest BCUT2D eigenvalue weighted by Crippen LogP contribution is -2.48. The second kappa shape index (κ2) is 5.94. The summed E-state index contributed by atoms with van der Waals surface area (Å²) in [5.41, 5.74) is 6.22. The Morgan fingerprint density at radius 2 is 1.95 bits per heavy atom. The van der Waals surface area contributed by atoms with Crippen LogP contribution >= 0.6 is 0 Å². The van der Waals surface area contributed by atoms with Gasteiger partial charge in [-0.25, -0.2) is 0 Å². The molecule has 0 aliphatic heterocycles. The van der Waals surface area contributed by atoms with Crippen LogP contribution in [0.1, 0.15) is 34.2 Å². The highest BCUT2D eigenvalue weighted by atomic mass is 15.0. The molecule has 2 aromatic rings. The molecule has 1 N–H and O–H groups in total. The molecule has 1 aliphatic rings. The van der Waals surface area contributed by atoms with Gasteiger partial charge in [0, 0.05) is 13.0 Å². The van der Waals surface area contributed by atoms with Gasteiger partial charge >= 0.3 is 0 Å². The van der Waals surface area contributed by atoms with Crippen molar-refractivity contribution in [1.82, 2.24) is 5.32 Å². The van der Waals surface area contributed by atoms with Crippen LogP contribution in [-0.2, 0) is 19.4 Å². The number of hydrogen-bond acceptors (Lipinski definition) is 2. The van der Waals surface area contributed by atoms with Gasteiger partial charge in [0.1, 0.15) is 5.54 Å². The maximum absolute atomic E-state index is 9.77. The summed E-state index contributed by atoms with van der Waals surface area (Å²) in [5, 5.41) is 13.3. The Labute approximate surface area is 132 Å². The van der Waals surface area contributed by atoms with Gasteiger partial charge in [-0.1, -0.05) is 48.0 Å². The fraction of sp³-hybridized carbons (Fsp3) is 0.350. The quantitative estimate of drug-likeness (QED) is 0.932. The molecule has 2 nitrogen and oxygen atoms in total. The summed E-state index contributed by atoms with van der Waals surface area (Å²) in [6.07, 6.45) is 2.66. The monoisotopic (exact) mass is 290 g/mol. The lowest BCUT2D eigenvalue weighted by Gasteiger charge is -2.34. The molecule has 2 aromatic carbocycles. The molecule has 0 aromatic heterocycles. The van der Waals surface area contributed by atoms with Gasteiger partial charge in [-0.15, -0.1) is 0 Å². The molecule has 1 atom stereocenters. The number of rotatable bonds is 3.